The van der Waals surface area contributed by atoms with Crippen LogP contribution in [0.4, 0.5) is 4.79 Å². The van der Waals surface area contributed by atoms with E-state index in [1.54, 1.807) is 7.11 Å². The van der Waals surface area contributed by atoms with E-state index < -0.39 is 5.60 Å². The molecule has 0 saturated carbocycles. The lowest BCUT2D eigenvalue weighted by atomic mass is 9.69. The maximum atomic E-state index is 12.2. The van der Waals surface area contributed by atoms with Crippen molar-refractivity contribution in [1.82, 2.24) is 4.90 Å². The van der Waals surface area contributed by atoms with Gasteiger partial charge in [0.15, 0.2) is 0 Å². The number of hydrogen-bond acceptors (Lipinski definition) is 3. The fourth-order valence-corrected chi connectivity index (χ4v) is 3.32. The van der Waals surface area contributed by atoms with E-state index in [9.17, 15) is 4.79 Å². The Balaban J connectivity index is 0.00000277. The Hall–Kier alpha value is -1.29. The summed E-state index contributed by atoms with van der Waals surface area (Å²) in [5.74, 6) is 0. The monoisotopic (exact) mass is 353 g/mol. The van der Waals surface area contributed by atoms with Gasteiger partial charge in [0.25, 0.3) is 0 Å². The molecule has 0 radical (unpaired) electrons. The molecule has 1 heterocycles. The molecule has 1 saturated heterocycles. The van der Waals surface area contributed by atoms with Gasteiger partial charge in [-0.15, -0.1) is 0 Å². The smallest absolute Gasteiger partial charge is 0.410 e. The predicted molar refractivity (Wildman–Crippen MR) is 106 cm³/mol. The van der Waals surface area contributed by atoms with Crippen LogP contribution in [0.25, 0.3) is 0 Å². The number of hydrogen-bond donors (Lipinski definition) is 0. The van der Waals surface area contributed by atoms with E-state index in [1.807, 2.05) is 45.6 Å². The molecule has 25 heavy (non-hydrogen) atoms. The molecule has 146 valence electrons. The van der Waals surface area contributed by atoms with E-state index in [4.69, 9.17) is 9.47 Å². The van der Waals surface area contributed by atoms with E-state index in [0.717, 1.165) is 45.4 Å². The number of likely N-dealkylation sites (tertiary alicyclic amines) is 1. The Kier molecular flexibility index (Phi) is 10.8. The normalized spacial score (nSPS) is 17.4. The number of ether oxygens (including phenoxy) is 2. The van der Waals surface area contributed by atoms with Gasteiger partial charge in [-0.2, -0.15) is 0 Å². The first-order valence-corrected chi connectivity index (χ1v) is 9.54. The van der Waals surface area contributed by atoms with Crippen LogP contribution in [0.5, 0.6) is 0 Å². The molecule has 0 N–H and O–H groups in total. The largest absolute Gasteiger partial charge is 0.444 e. The van der Waals surface area contributed by atoms with Gasteiger partial charge in [0, 0.05) is 26.8 Å². The first kappa shape index (κ1) is 23.7. The van der Waals surface area contributed by atoms with E-state index in [-0.39, 0.29) is 11.5 Å². The molecule has 0 aromatic rings. The topological polar surface area (TPSA) is 38.8 Å². The second kappa shape index (κ2) is 11.3. The Bertz CT molecular complexity index is 427. The van der Waals surface area contributed by atoms with E-state index in [0.29, 0.717) is 0 Å². The molecule has 0 aliphatic carbocycles. The van der Waals surface area contributed by atoms with Gasteiger partial charge in [-0.1, -0.05) is 32.6 Å². The standard InChI is InChI=1S/C19H33NO3.C2H6/c1-7-16(8-2)19(10-9-15-22-6)11-13-20(14-12-19)17(21)23-18(3,4)5;1-2/h7-8H,1,9-15H2,2-6H3;1-2H3/b16-8+;. The molecule has 0 atom stereocenters. The summed E-state index contributed by atoms with van der Waals surface area (Å²) in [5.41, 5.74) is 0.949. The van der Waals surface area contributed by atoms with Crippen LogP contribution < -0.4 is 0 Å². The highest BCUT2D eigenvalue weighted by Crippen LogP contribution is 2.43. The number of carbonyl (C=O) groups is 1. The van der Waals surface area contributed by atoms with Crippen molar-refractivity contribution >= 4 is 6.09 Å². The lowest BCUT2D eigenvalue weighted by molar-refractivity contribution is 0.0123. The number of nitrogens with zero attached hydrogens (tertiary/aromatic N) is 1. The van der Waals surface area contributed by atoms with Gasteiger partial charge < -0.3 is 14.4 Å². The van der Waals surface area contributed by atoms with Gasteiger partial charge >= 0.3 is 6.09 Å². The first-order valence-electron chi connectivity index (χ1n) is 9.54. The number of rotatable bonds is 6. The van der Waals surface area contributed by atoms with Gasteiger partial charge in [0.1, 0.15) is 5.60 Å². The molecule has 1 aliphatic rings. The van der Waals surface area contributed by atoms with Crippen LogP contribution in [-0.4, -0.2) is 43.4 Å². The lowest BCUT2D eigenvalue weighted by Crippen LogP contribution is -2.45. The summed E-state index contributed by atoms with van der Waals surface area (Å²) >= 11 is 0. The van der Waals surface area contributed by atoms with Crippen molar-refractivity contribution in [2.75, 3.05) is 26.8 Å². The average Bonchev–Trinajstić information content (AvgIpc) is 2.57. The van der Waals surface area contributed by atoms with Crippen molar-refractivity contribution in [3.8, 4) is 0 Å². The van der Waals surface area contributed by atoms with Gasteiger partial charge in [0.2, 0.25) is 0 Å². The molecule has 0 spiro atoms. The summed E-state index contributed by atoms with van der Waals surface area (Å²) in [4.78, 5) is 14.1. The van der Waals surface area contributed by atoms with Gasteiger partial charge in [-0.05, 0) is 64.4 Å². The maximum Gasteiger partial charge on any atom is 0.410 e. The Morgan fingerprint density at radius 2 is 1.80 bits per heavy atom. The van der Waals surface area contributed by atoms with Crippen LogP contribution in [0.1, 0.15) is 67.2 Å². The number of allylic oxidation sites excluding steroid dienone is 3. The molecule has 4 nitrogen and oxygen atoms in total. The number of carbonyl (C=O) groups excluding carboxylic acids is 1. The molecule has 1 aliphatic heterocycles. The quantitative estimate of drug-likeness (QED) is 0.461. The number of methoxy groups -OCH3 is 1. The average molecular weight is 354 g/mol. The molecule has 0 aromatic heterocycles. The minimum absolute atomic E-state index is 0.105. The van der Waals surface area contributed by atoms with E-state index in [1.165, 1.54) is 5.57 Å². The van der Waals surface area contributed by atoms with Crippen LogP contribution in [0.15, 0.2) is 24.3 Å². The number of piperidine rings is 1. The molecule has 1 fully saturated rings. The first-order chi connectivity index (χ1) is 11.8. The van der Waals surface area contributed by atoms with E-state index in [2.05, 4.69) is 19.6 Å². The highest BCUT2D eigenvalue weighted by Gasteiger charge is 2.38. The van der Waals surface area contributed by atoms with Crippen LogP contribution in [0.3, 0.4) is 0 Å². The van der Waals surface area contributed by atoms with Crippen LogP contribution in [-0.2, 0) is 9.47 Å². The summed E-state index contributed by atoms with van der Waals surface area (Å²) in [6.45, 7) is 18.0. The second-order valence-corrected chi connectivity index (χ2v) is 7.29. The third-order valence-electron chi connectivity index (χ3n) is 4.52. The highest BCUT2D eigenvalue weighted by atomic mass is 16.6. The van der Waals surface area contributed by atoms with Crippen molar-refractivity contribution in [2.24, 2.45) is 5.41 Å². The van der Waals surface area contributed by atoms with Crippen LogP contribution in [0, 0.1) is 5.41 Å². The summed E-state index contributed by atoms with van der Waals surface area (Å²) in [6, 6.07) is 0. The van der Waals surface area contributed by atoms with E-state index >= 15 is 0 Å². The summed E-state index contributed by atoms with van der Waals surface area (Å²) in [7, 11) is 1.74. The summed E-state index contributed by atoms with van der Waals surface area (Å²) < 4.78 is 10.7. The molecular weight excluding hydrogens is 314 g/mol. The lowest BCUT2D eigenvalue weighted by Gasteiger charge is -2.43. The van der Waals surface area contributed by atoms with Crippen molar-refractivity contribution < 1.29 is 14.3 Å². The van der Waals surface area contributed by atoms with Crippen LogP contribution in [0.2, 0.25) is 0 Å². The van der Waals surface area contributed by atoms with Crippen molar-refractivity contribution in [3.63, 3.8) is 0 Å². The second-order valence-electron chi connectivity index (χ2n) is 7.29. The van der Waals surface area contributed by atoms with Crippen molar-refractivity contribution in [2.45, 2.75) is 72.8 Å². The zero-order valence-corrected chi connectivity index (χ0v) is 17.5. The fraction of sp³-hybridized carbons (Fsp3) is 0.762. The third kappa shape index (κ3) is 7.64. The third-order valence-corrected chi connectivity index (χ3v) is 4.52. The fourth-order valence-electron chi connectivity index (χ4n) is 3.32. The molecule has 0 bridgehead atoms. The molecule has 4 heteroatoms. The van der Waals surface area contributed by atoms with Crippen molar-refractivity contribution in [3.05, 3.63) is 24.3 Å². The Morgan fingerprint density at radius 1 is 1.24 bits per heavy atom. The zero-order chi connectivity index (χ0) is 19.5. The Morgan fingerprint density at radius 3 is 2.20 bits per heavy atom. The predicted octanol–water partition coefficient (Wildman–Crippen LogP) is 5.59. The molecular formula is C21H39NO3. The summed E-state index contributed by atoms with van der Waals surface area (Å²) in [5, 5.41) is 0. The van der Waals surface area contributed by atoms with Gasteiger partial charge in [-0.25, -0.2) is 4.79 Å². The molecule has 1 amide bonds. The minimum Gasteiger partial charge on any atom is -0.444 e. The van der Waals surface area contributed by atoms with Gasteiger partial charge in [0.05, 0.1) is 0 Å². The van der Waals surface area contributed by atoms with Crippen molar-refractivity contribution in [1.29, 1.82) is 0 Å². The minimum atomic E-state index is -0.445. The number of amides is 1. The zero-order valence-electron chi connectivity index (χ0n) is 17.5. The molecule has 1 rings (SSSR count). The molecule has 0 aromatic carbocycles. The van der Waals surface area contributed by atoms with Gasteiger partial charge in [-0.3, -0.25) is 0 Å². The SMILES string of the molecule is C=C/C(=C\C)C1(CCCOC)CCN(C(=O)OC(C)(C)C)CC1.CC. The highest BCUT2D eigenvalue weighted by molar-refractivity contribution is 5.68. The maximum absolute atomic E-state index is 12.2. The summed E-state index contributed by atoms with van der Waals surface area (Å²) in [6.07, 6.45) is 7.90. The molecule has 0 unspecified atom stereocenters. The van der Waals surface area contributed by atoms with Crippen LogP contribution >= 0.6 is 0 Å². The Labute approximate surface area is 155 Å².